The fourth-order valence-corrected chi connectivity index (χ4v) is 12.0. The van der Waals surface area contributed by atoms with Crippen LogP contribution in [-0.2, 0) is 14.3 Å². The number of hydrogen-bond acceptors (Lipinski definition) is 7. The molecule has 6 rings (SSSR count). The molecule has 0 amide bonds. The van der Waals surface area contributed by atoms with E-state index in [1.54, 1.807) is 0 Å². The van der Waals surface area contributed by atoms with E-state index in [1.165, 1.54) is 5.57 Å². The normalized spacial score (nSPS) is 50.8. The zero-order valence-electron chi connectivity index (χ0n) is 27.1. The average molecular weight is 605 g/mol. The van der Waals surface area contributed by atoms with Gasteiger partial charge < -0.3 is 35.0 Å². The Morgan fingerprint density at radius 3 is 2.30 bits per heavy atom. The number of aliphatic hydroxyl groups is 4. The molecule has 0 spiro atoms. The molecule has 4 saturated carbocycles. The fraction of sp³-hybridized carbons (Fsp3) is 0.914. The first kappa shape index (κ1) is 31.9. The Bertz CT molecular complexity index is 1150. The summed E-state index contributed by atoms with van der Waals surface area (Å²) in [6.45, 7) is 14.1. The Kier molecular flexibility index (Phi) is 7.60. The number of hydrogen-bond donors (Lipinski definition) is 5. The lowest BCUT2D eigenvalue weighted by Gasteiger charge is -2.72. The number of carboxylic acid groups (broad SMARTS) is 1. The van der Waals surface area contributed by atoms with E-state index >= 15 is 0 Å². The summed E-state index contributed by atoms with van der Waals surface area (Å²) in [7, 11) is 0. The third kappa shape index (κ3) is 4.32. The third-order valence-corrected chi connectivity index (χ3v) is 14.9. The van der Waals surface area contributed by atoms with Gasteiger partial charge in [-0.2, -0.15) is 0 Å². The topological polar surface area (TPSA) is 137 Å². The van der Waals surface area contributed by atoms with Crippen molar-refractivity contribution in [3.8, 4) is 0 Å². The van der Waals surface area contributed by atoms with Gasteiger partial charge in [-0.15, -0.1) is 0 Å². The van der Waals surface area contributed by atoms with E-state index in [1.807, 2.05) is 0 Å². The Morgan fingerprint density at radius 1 is 0.930 bits per heavy atom. The minimum Gasteiger partial charge on any atom is -0.481 e. The first-order chi connectivity index (χ1) is 20.0. The highest BCUT2D eigenvalue weighted by molar-refractivity contribution is 5.76. The van der Waals surface area contributed by atoms with Crippen LogP contribution in [0.2, 0.25) is 0 Å². The molecule has 6 aliphatic rings. The van der Waals surface area contributed by atoms with Crippen LogP contribution < -0.4 is 0 Å². The first-order valence-corrected chi connectivity index (χ1v) is 16.9. The highest BCUT2D eigenvalue weighted by atomic mass is 16.7. The number of carboxylic acids is 1. The molecule has 13 atom stereocenters. The van der Waals surface area contributed by atoms with E-state index in [2.05, 4.69) is 47.6 Å². The molecule has 244 valence electrons. The van der Waals surface area contributed by atoms with Crippen LogP contribution in [0.15, 0.2) is 11.6 Å². The van der Waals surface area contributed by atoms with Crippen molar-refractivity contribution in [1.82, 2.24) is 0 Å². The van der Waals surface area contributed by atoms with Crippen molar-refractivity contribution in [3.05, 3.63) is 11.6 Å². The smallest absolute Gasteiger partial charge is 0.310 e. The van der Waals surface area contributed by atoms with Crippen molar-refractivity contribution in [2.24, 2.45) is 50.2 Å². The van der Waals surface area contributed by atoms with Gasteiger partial charge in [0.15, 0.2) is 6.29 Å². The molecule has 5 aliphatic carbocycles. The van der Waals surface area contributed by atoms with Crippen LogP contribution in [0, 0.1) is 50.2 Å². The second-order valence-corrected chi connectivity index (χ2v) is 17.3. The van der Waals surface area contributed by atoms with Gasteiger partial charge in [0, 0.05) is 5.41 Å². The molecule has 1 aliphatic heterocycles. The van der Waals surface area contributed by atoms with Crippen LogP contribution >= 0.6 is 0 Å². The summed E-state index contributed by atoms with van der Waals surface area (Å²) in [5.41, 5.74) is 0.800. The number of aliphatic hydroxyl groups excluding tert-OH is 4. The van der Waals surface area contributed by atoms with Gasteiger partial charge in [-0.1, -0.05) is 53.2 Å². The van der Waals surface area contributed by atoms with Crippen LogP contribution in [0.4, 0.5) is 0 Å². The molecule has 0 aromatic heterocycles. The van der Waals surface area contributed by atoms with Gasteiger partial charge in [0.2, 0.25) is 0 Å². The molecule has 13 unspecified atom stereocenters. The van der Waals surface area contributed by atoms with E-state index in [0.29, 0.717) is 18.4 Å². The van der Waals surface area contributed by atoms with Gasteiger partial charge in [0.05, 0.1) is 24.7 Å². The van der Waals surface area contributed by atoms with Gasteiger partial charge in [-0.25, -0.2) is 0 Å². The van der Waals surface area contributed by atoms with Gasteiger partial charge in [-0.3, -0.25) is 4.79 Å². The summed E-state index contributed by atoms with van der Waals surface area (Å²) in [5, 5.41) is 50.7. The highest BCUT2D eigenvalue weighted by Gasteiger charge is 2.70. The Hall–Kier alpha value is -1.03. The predicted molar refractivity (Wildman–Crippen MR) is 161 cm³/mol. The SMILES string of the molecule is CC1(C)CCC2(C(=O)O)CCC3(C)C(=CCC4C5(C)CCC6OC(C(O)C(O)C(O)CO)OCC6(C)C5CCC43C)C2C1. The molecular weight excluding hydrogens is 548 g/mol. The van der Waals surface area contributed by atoms with Crippen molar-refractivity contribution in [1.29, 1.82) is 0 Å². The molecule has 8 nitrogen and oxygen atoms in total. The molecule has 8 heteroatoms. The number of fused-ring (bicyclic) bond motifs is 9. The van der Waals surface area contributed by atoms with Crippen LogP contribution in [0.5, 0.6) is 0 Å². The molecule has 5 fully saturated rings. The van der Waals surface area contributed by atoms with Crippen LogP contribution in [0.1, 0.15) is 106 Å². The van der Waals surface area contributed by atoms with Crippen molar-refractivity contribution in [2.75, 3.05) is 13.2 Å². The molecule has 0 aromatic carbocycles. The maximum Gasteiger partial charge on any atom is 0.310 e. The Balaban J connectivity index is 1.29. The molecule has 43 heavy (non-hydrogen) atoms. The molecule has 0 aromatic rings. The lowest BCUT2D eigenvalue weighted by atomic mass is 9.33. The number of aliphatic carboxylic acids is 1. The summed E-state index contributed by atoms with van der Waals surface area (Å²) in [4.78, 5) is 12.9. The minimum absolute atomic E-state index is 0.0306. The highest BCUT2D eigenvalue weighted by Crippen LogP contribution is 2.76. The largest absolute Gasteiger partial charge is 0.481 e. The standard InChI is InChI=1S/C35H56O8/c1-30(2)13-15-35(29(40)41)16-14-33(5)20(21(35)17-30)7-8-24-31(3)11-10-25-32(4,23(31)9-12-34(24,33)6)19-42-28(43-25)27(39)26(38)22(37)18-36/h7,21-28,36-39H,8-19H2,1-6H3,(H,40,41). The fourth-order valence-electron chi connectivity index (χ4n) is 12.0. The van der Waals surface area contributed by atoms with Crippen LogP contribution in [-0.4, -0.2) is 75.4 Å². The minimum atomic E-state index is -1.56. The molecule has 0 bridgehead atoms. The van der Waals surface area contributed by atoms with Crippen molar-refractivity contribution < 1.29 is 39.8 Å². The number of carbonyl (C=O) groups is 1. The maximum absolute atomic E-state index is 12.9. The van der Waals surface area contributed by atoms with Gasteiger partial charge in [-0.05, 0) is 104 Å². The number of allylic oxidation sites excluding steroid dienone is 2. The number of rotatable bonds is 5. The Morgan fingerprint density at radius 2 is 1.63 bits per heavy atom. The molecule has 1 heterocycles. The zero-order chi connectivity index (χ0) is 31.4. The number of ether oxygens (including phenoxy) is 2. The molecule has 0 radical (unpaired) electrons. The van der Waals surface area contributed by atoms with E-state index in [-0.39, 0.29) is 39.1 Å². The van der Waals surface area contributed by atoms with Crippen molar-refractivity contribution in [3.63, 3.8) is 0 Å². The maximum atomic E-state index is 12.9. The molecule has 1 saturated heterocycles. The Labute approximate surface area is 257 Å². The summed E-state index contributed by atoms with van der Waals surface area (Å²) < 4.78 is 12.5. The van der Waals surface area contributed by atoms with Gasteiger partial charge in [0.1, 0.15) is 18.3 Å². The molecular formula is C35H56O8. The quantitative estimate of drug-likeness (QED) is 0.286. The van der Waals surface area contributed by atoms with E-state index in [4.69, 9.17) is 9.47 Å². The second kappa shape index (κ2) is 10.2. The summed E-state index contributed by atoms with van der Waals surface area (Å²) in [6.07, 6.45) is 6.18. The lowest BCUT2D eigenvalue weighted by Crippen LogP contribution is -2.68. The van der Waals surface area contributed by atoms with Crippen molar-refractivity contribution >= 4 is 5.97 Å². The van der Waals surface area contributed by atoms with Crippen LogP contribution in [0.25, 0.3) is 0 Å². The first-order valence-electron chi connectivity index (χ1n) is 16.9. The van der Waals surface area contributed by atoms with E-state index in [9.17, 15) is 30.3 Å². The van der Waals surface area contributed by atoms with E-state index in [0.717, 1.165) is 64.2 Å². The van der Waals surface area contributed by atoms with E-state index < -0.39 is 42.6 Å². The zero-order valence-corrected chi connectivity index (χ0v) is 27.1. The van der Waals surface area contributed by atoms with Gasteiger partial charge >= 0.3 is 5.97 Å². The third-order valence-electron chi connectivity index (χ3n) is 14.9. The molecule has 5 N–H and O–H groups in total. The summed E-state index contributed by atoms with van der Waals surface area (Å²) in [6, 6.07) is 0. The monoisotopic (exact) mass is 604 g/mol. The van der Waals surface area contributed by atoms with Crippen LogP contribution in [0.3, 0.4) is 0 Å². The van der Waals surface area contributed by atoms with Crippen molar-refractivity contribution in [2.45, 2.75) is 136 Å². The summed E-state index contributed by atoms with van der Waals surface area (Å²) >= 11 is 0. The second-order valence-electron chi connectivity index (χ2n) is 17.3. The lowest BCUT2D eigenvalue weighted by molar-refractivity contribution is -0.340. The summed E-state index contributed by atoms with van der Waals surface area (Å²) in [5.74, 6) is 0.331. The average Bonchev–Trinajstić information content (AvgIpc) is 2.95. The van der Waals surface area contributed by atoms with Gasteiger partial charge in [0.25, 0.3) is 0 Å². The predicted octanol–water partition coefficient (Wildman–Crippen LogP) is 4.67.